The molecule has 0 unspecified atom stereocenters. The predicted molar refractivity (Wildman–Crippen MR) is 42.7 cm³/mol. The molecule has 2 N–H and O–H groups in total. The standard InChI is InChI=1S/C7H5F3N4O/c8-7(9,10)5(15)3-1-4-6(11-2-3)13-14-12-4/h1-2,5,15H,(H,11,12,13,14)/t5-/m0/s1. The molecule has 0 bridgehead atoms. The van der Waals surface area contributed by atoms with Gasteiger partial charge in [0, 0.05) is 11.8 Å². The third kappa shape index (κ3) is 1.75. The highest BCUT2D eigenvalue weighted by Gasteiger charge is 2.39. The van der Waals surface area contributed by atoms with Gasteiger partial charge in [0.1, 0.15) is 5.52 Å². The SMILES string of the molecule is O[C@@H](c1cnc2n[nH]nc2c1)C(F)(F)F. The lowest BCUT2D eigenvalue weighted by atomic mass is 10.1. The first-order valence-electron chi connectivity index (χ1n) is 3.89. The van der Waals surface area contributed by atoms with Crippen molar-refractivity contribution in [1.29, 1.82) is 0 Å². The second-order valence-electron chi connectivity index (χ2n) is 2.88. The number of rotatable bonds is 1. The number of hydrogen-bond acceptors (Lipinski definition) is 4. The van der Waals surface area contributed by atoms with Crippen molar-refractivity contribution < 1.29 is 18.3 Å². The molecule has 0 amide bonds. The summed E-state index contributed by atoms with van der Waals surface area (Å²) in [7, 11) is 0. The summed E-state index contributed by atoms with van der Waals surface area (Å²) in [5, 5.41) is 18.3. The molecule has 0 aromatic carbocycles. The van der Waals surface area contributed by atoms with Gasteiger partial charge in [-0.3, -0.25) is 0 Å². The van der Waals surface area contributed by atoms with Crippen molar-refractivity contribution in [2.24, 2.45) is 0 Å². The van der Waals surface area contributed by atoms with Gasteiger partial charge in [0.15, 0.2) is 6.10 Å². The first-order valence-corrected chi connectivity index (χ1v) is 3.89. The van der Waals surface area contributed by atoms with E-state index in [0.717, 1.165) is 12.3 Å². The third-order valence-electron chi connectivity index (χ3n) is 1.82. The Bertz CT molecular complexity index is 480. The number of alkyl halides is 3. The van der Waals surface area contributed by atoms with Crippen LogP contribution in [0.25, 0.3) is 11.2 Å². The second-order valence-corrected chi connectivity index (χ2v) is 2.88. The summed E-state index contributed by atoms with van der Waals surface area (Å²) in [6, 6.07) is 1.09. The lowest BCUT2D eigenvalue weighted by Gasteiger charge is -2.13. The molecule has 2 rings (SSSR count). The van der Waals surface area contributed by atoms with Crippen molar-refractivity contribution in [3.63, 3.8) is 0 Å². The smallest absolute Gasteiger partial charge is 0.379 e. The summed E-state index contributed by atoms with van der Waals surface area (Å²) in [5.41, 5.74) is 0.0211. The summed E-state index contributed by atoms with van der Waals surface area (Å²) in [6.07, 6.45) is -6.34. The largest absolute Gasteiger partial charge is 0.418 e. The first-order chi connectivity index (χ1) is 6.98. The van der Waals surface area contributed by atoms with E-state index in [9.17, 15) is 13.2 Å². The van der Waals surface area contributed by atoms with Crippen molar-refractivity contribution in [2.45, 2.75) is 12.3 Å². The van der Waals surface area contributed by atoms with E-state index >= 15 is 0 Å². The summed E-state index contributed by atoms with van der Waals surface area (Å²) in [6.45, 7) is 0. The molecule has 2 heterocycles. The molecule has 15 heavy (non-hydrogen) atoms. The molecule has 80 valence electrons. The zero-order chi connectivity index (χ0) is 11.1. The molecule has 2 aromatic heterocycles. The molecule has 0 aliphatic carbocycles. The molecule has 2 aromatic rings. The molecule has 0 spiro atoms. The fourth-order valence-corrected chi connectivity index (χ4v) is 1.09. The first kappa shape index (κ1) is 9.84. The van der Waals surface area contributed by atoms with Gasteiger partial charge in [0.05, 0.1) is 0 Å². The Balaban J connectivity index is 2.44. The van der Waals surface area contributed by atoms with Crippen LogP contribution in [0.3, 0.4) is 0 Å². The van der Waals surface area contributed by atoms with Gasteiger partial charge < -0.3 is 5.11 Å². The third-order valence-corrected chi connectivity index (χ3v) is 1.82. The van der Waals surface area contributed by atoms with Crippen LogP contribution in [0.2, 0.25) is 0 Å². The van der Waals surface area contributed by atoms with Gasteiger partial charge in [0.25, 0.3) is 0 Å². The zero-order valence-corrected chi connectivity index (χ0v) is 7.15. The van der Waals surface area contributed by atoms with Crippen LogP contribution >= 0.6 is 0 Å². The number of aliphatic hydroxyl groups is 1. The summed E-state index contributed by atoms with van der Waals surface area (Å²) < 4.78 is 36.4. The maximum absolute atomic E-state index is 12.1. The molecular weight excluding hydrogens is 213 g/mol. The summed E-state index contributed by atoms with van der Waals surface area (Å²) in [5.74, 6) is 0. The van der Waals surface area contributed by atoms with Gasteiger partial charge in [-0.05, 0) is 6.07 Å². The van der Waals surface area contributed by atoms with E-state index < -0.39 is 12.3 Å². The van der Waals surface area contributed by atoms with Gasteiger partial charge in [0.2, 0.25) is 5.65 Å². The van der Waals surface area contributed by atoms with Crippen molar-refractivity contribution in [3.05, 3.63) is 17.8 Å². The van der Waals surface area contributed by atoms with Gasteiger partial charge in [-0.1, -0.05) is 0 Å². The zero-order valence-electron chi connectivity index (χ0n) is 7.15. The van der Waals surface area contributed by atoms with Crippen LogP contribution in [0.4, 0.5) is 13.2 Å². The average Bonchev–Trinajstić information content (AvgIpc) is 2.61. The minimum atomic E-state index is -4.71. The van der Waals surface area contributed by atoms with Crippen LogP contribution in [0.15, 0.2) is 12.3 Å². The van der Waals surface area contributed by atoms with Crippen molar-refractivity contribution in [3.8, 4) is 0 Å². The second kappa shape index (κ2) is 3.16. The quantitative estimate of drug-likeness (QED) is 0.747. The van der Waals surface area contributed by atoms with Crippen LogP contribution in [-0.4, -0.2) is 31.7 Å². The van der Waals surface area contributed by atoms with Gasteiger partial charge in [-0.15, -0.1) is 5.10 Å². The molecule has 0 fully saturated rings. The number of hydrogen-bond donors (Lipinski definition) is 2. The van der Waals surface area contributed by atoms with Gasteiger partial charge in [-0.2, -0.15) is 23.5 Å². The molecule has 0 saturated heterocycles. The minimum Gasteiger partial charge on any atom is -0.379 e. The lowest BCUT2D eigenvalue weighted by molar-refractivity contribution is -0.206. The van der Waals surface area contributed by atoms with E-state index in [0.29, 0.717) is 0 Å². The van der Waals surface area contributed by atoms with Crippen LogP contribution in [-0.2, 0) is 0 Å². The maximum atomic E-state index is 12.1. The molecular formula is C7H5F3N4O. The Kier molecular flexibility index (Phi) is 2.07. The summed E-state index contributed by atoms with van der Waals surface area (Å²) in [4.78, 5) is 3.61. The van der Waals surface area contributed by atoms with E-state index in [2.05, 4.69) is 20.4 Å². The van der Waals surface area contributed by atoms with E-state index in [4.69, 9.17) is 5.11 Å². The monoisotopic (exact) mass is 218 g/mol. The number of H-pyrrole nitrogens is 1. The Morgan fingerprint density at radius 1 is 1.33 bits per heavy atom. The van der Waals surface area contributed by atoms with Crippen molar-refractivity contribution in [1.82, 2.24) is 20.4 Å². The Morgan fingerprint density at radius 3 is 2.73 bits per heavy atom. The highest BCUT2D eigenvalue weighted by Crippen LogP contribution is 2.32. The fourth-order valence-electron chi connectivity index (χ4n) is 1.09. The van der Waals surface area contributed by atoms with Crippen molar-refractivity contribution in [2.75, 3.05) is 0 Å². The average molecular weight is 218 g/mol. The Hall–Kier alpha value is -1.70. The van der Waals surface area contributed by atoms with Crippen LogP contribution in [0.1, 0.15) is 11.7 Å². The Morgan fingerprint density at radius 2 is 2.07 bits per heavy atom. The fraction of sp³-hybridized carbons (Fsp3) is 0.286. The minimum absolute atomic E-state index is 0.177. The molecule has 0 aliphatic rings. The molecule has 8 heteroatoms. The highest BCUT2D eigenvalue weighted by atomic mass is 19.4. The summed E-state index contributed by atoms with van der Waals surface area (Å²) >= 11 is 0. The highest BCUT2D eigenvalue weighted by molar-refractivity contribution is 5.69. The van der Waals surface area contributed by atoms with E-state index in [1.165, 1.54) is 0 Å². The molecule has 0 aliphatic heterocycles. The predicted octanol–water partition coefficient (Wildman–Crippen LogP) is 0.949. The van der Waals surface area contributed by atoms with E-state index in [1.54, 1.807) is 0 Å². The number of nitrogens with one attached hydrogen (secondary N) is 1. The maximum Gasteiger partial charge on any atom is 0.418 e. The van der Waals surface area contributed by atoms with E-state index in [1.807, 2.05) is 0 Å². The lowest BCUT2D eigenvalue weighted by Crippen LogP contribution is -2.20. The van der Waals surface area contributed by atoms with Crippen LogP contribution in [0.5, 0.6) is 0 Å². The normalized spacial score (nSPS) is 14.4. The van der Waals surface area contributed by atoms with Gasteiger partial charge in [-0.25, -0.2) is 4.98 Å². The van der Waals surface area contributed by atoms with E-state index in [-0.39, 0.29) is 16.7 Å². The Labute approximate surface area is 80.9 Å². The van der Waals surface area contributed by atoms with Crippen LogP contribution < -0.4 is 0 Å². The number of nitrogens with zero attached hydrogens (tertiary/aromatic N) is 3. The number of pyridine rings is 1. The topological polar surface area (TPSA) is 74.7 Å². The molecule has 0 radical (unpaired) electrons. The molecule has 0 saturated carbocycles. The molecule has 5 nitrogen and oxygen atoms in total. The number of aromatic nitrogens is 4. The number of halogens is 3. The van der Waals surface area contributed by atoms with Crippen molar-refractivity contribution >= 4 is 11.2 Å². The van der Waals surface area contributed by atoms with Crippen LogP contribution in [0, 0.1) is 0 Å². The molecule has 1 atom stereocenters. The number of aliphatic hydroxyl groups excluding tert-OH is 1. The van der Waals surface area contributed by atoms with Gasteiger partial charge >= 0.3 is 6.18 Å². The number of fused-ring (bicyclic) bond motifs is 1. The number of aromatic amines is 1.